The van der Waals surface area contributed by atoms with Crippen LogP contribution >= 0.6 is 0 Å². The van der Waals surface area contributed by atoms with Gasteiger partial charge < -0.3 is 24.1 Å². The smallest absolute Gasteiger partial charge is 0.340 e. The van der Waals surface area contributed by atoms with Crippen molar-refractivity contribution in [3.63, 3.8) is 0 Å². The highest BCUT2D eigenvalue weighted by molar-refractivity contribution is 6.01. The standard InChI is InChI=1S/C21H22N4O6/c1-13(26)23-16-11-18(29-3)17(28-2)10-15(16)21(27)30-9-5-7-19-24-20(25-31-19)14-6-4-8-22-12-14/h4,6,8,10-12H,5,7,9H2,1-3H3,(H,23,26). The quantitative estimate of drug-likeness (QED) is 0.406. The van der Waals surface area contributed by atoms with Crippen molar-refractivity contribution in [2.24, 2.45) is 0 Å². The van der Waals surface area contributed by atoms with E-state index in [1.54, 1.807) is 18.5 Å². The second kappa shape index (κ2) is 10.2. The number of ether oxygens (including phenoxy) is 3. The van der Waals surface area contributed by atoms with Crippen molar-refractivity contribution in [2.45, 2.75) is 19.8 Å². The molecule has 10 heteroatoms. The number of pyridine rings is 1. The zero-order chi connectivity index (χ0) is 22.2. The fraction of sp³-hybridized carbons (Fsp3) is 0.286. The minimum absolute atomic E-state index is 0.122. The predicted molar refractivity (Wildman–Crippen MR) is 110 cm³/mol. The summed E-state index contributed by atoms with van der Waals surface area (Å²) in [6.45, 7) is 1.47. The number of carbonyl (C=O) groups is 2. The van der Waals surface area contributed by atoms with Gasteiger partial charge in [-0.1, -0.05) is 5.16 Å². The van der Waals surface area contributed by atoms with E-state index >= 15 is 0 Å². The fourth-order valence-corrected chi connectivity index (χ4v) is 2.78. The summed E-state index contributed by atoms with van der Waals surface area (Å²) in [4.78, 5) is 32.4. The highest BCUT2D eigenvalue weighted by atomic mass is 16.5. The first-order chi connectivity index (χ1) is 15.0. The number of benzene rings is 1. The van der Waals surface area contributed by atoms with E-state index in [0.29, 0.717) is 36.1 Å². The normalized spacial score (nSPS) is 10.4. The number of amides is 1. The van der Waals surface area contributed by atoms with Gasteiger partial charge in [0.05, 0.1) is 32.1 Å². The Morgan fingerprint density at radius 2 is 1.94 bits per heavy atom. The van der Waals surface area contributed by atoms with Crippen LogP contribution in [-0.4, -0.2) is 47.8 Å². The van der Waals surface area contributed by atoms with Crippen molar-refractivity contribution in [1.82, 2.24) is 15.1 Å². The van der Waals surface area contributed by atoms with Gasteiger partial charge >= 0.3 is 5.97 Å². The molecule has 0 aliphatic carbocycles. The summed E-state index contributed by atoms with van der Waals surface area (Å²) in [6, 6.07) is 6.59. The highest BCUT2D eigenvalue weighted by Crippen LogP contribution is 2.33. The van der Waals surface area contributed by atoms with Gasteiger partial charge in [0.1, 0.15) is 0 Å². The number of rotatable bonds is 9. The van der Waals surface area contributed by atoms with Crippen molar-refractivity contribution < 1.29 is 28.3 Å². The molecule has 1 N–H and O–H groups in total. The summed E-state index contributed by atoms with van der Waals surface area (Å²) in [7, 11) is 2.92. The largest absolute Gasteiger partial charge is 0.493 e. The number of nitrogens with zero attached hydrogens (tertiary/aromatic N) is 3. The topological polar surface area (TPSA) is 126 Å². The molecule has 0 fully saturated rings. The van der Waals surface area contributed by atoms with Crippen LogP contribution in [0.3, 0.4) is 0 Å². The summed E-state index contributed by atoms with van der Waals surface area (Å²) in [5.74, 6) is 0.666. The van der Waals surface area contributed by atoms with Crippen LogP contribution in [0.5, 0.6) is 11.5 Å². The molecule has 2 heterocycles. The van der Waals surface area contributed by atoms with Crippen LogP contribution in [0.1, 0.15) is 29.6 Å². The molecule has 1 amide bonds. The number of esters is 1. The molecule has 10 nitrogen and oxygen atoms in total. The first-order valence-electron chi connectivity index (χ1n) is 9.45. The number of hydrogen-bond acceptors (Lipinski definition) is 9. The van der Waals surface area contributed by atoms with Gasteiger partial charge in [-0.3, -0.25) is 9.78 Å². The molecule has 3 aromatic rings. The molecule has 162 valence electrons. The Labute approximate surface area is 178 Å². The third-order valence-electron chi connectivity index (χ3n) is 4.21. The highest BCUT2D eigenvalue weighted by Gasteiger charge is 2.19. The van der Waals surface area contributed by atoms with Gasteiger partial charge in [-0.2, -0.15) is 4.98 Å². The molecule has 0 unspecified atom stereocenters. The van der Waals surface area contributed by atoms with Crippen molar-refractivity contribution in [2.75, 3.05) is 26.1 Å². The number of anilines is 1. The molecule has 0 atom stereocenters. The van der Waals surface area contributed by atoms with Crippen LogP contribution in [0.2, 0.25) is 0 Å². The molecule has 0 saturated heterocycles. The van der Waals surface area contributed by atoms with Gasteiger partial charge in [0.25, 0.3) is 0 Å². The summed E-state index contributed by atoms with van der Waals surface area (Å²) >= 11 is 0. The van der Waals surface area contributed by atoms with Gasteiger partial charge in [0, 0.05) is 43.4 Å². The predicted octanol–water partition coefficient (Wildman–Crippen LogP) is 2.90. The molecular formula is C21H22N4O6. The molecule has 0 radical (unpaired) electrons. The van der Waals surface area contributed by atoms with Crippen LogP contribution in [0.25, 0.3) is 11.4 Å². The summed E-state index contributed by atoms with van der Waals surface area (Å²) in [5, 5.41) is 6.52. The lowest BCUT2D eigenvalue weighted by molar-refractivity contribution is -0.114. The van der Waals surface area contributed by atoms with E-state index in [0.717, 1.165) is 5.56 Å². The number of methoxy groups -OCH3 is 2. The van der Waals surface area contributed by atoms with Gasteiger partial charge in [0.15, 0.2) is 11.5 Å². The second-order valence-corrected chi connectivity index (χ2v) is 6.43. The van der Waals surface area contributed by atoms with Crippen molar-refractivity contribution >= 4 is 17.6 Å². The van der Waals surface area contributed by atoms with E-state index in [1.165, 1.54) is 33.3 Å². The Balaban J connectivity index is 1.60. The number of aromatic nitrogens is 3. The molecule has 2 aromatic heterocycles. The molecule has 0 aliphatic rings. The summed E-state index contributed by atoms with van der Waals surface area (Å²) in [5.41, 5.74) is 1.18. The zero-order valence-electron chi connectivity index (χ0n) is 17.4. The first kappa shape index (κ1) is 21.8. The number of hydrogen-bond donors (Lipinski definition) is 1. The third-order valence-corrected chi connectivity index (χ3v) is 4.21. The van der Waals surface area contributed by atoms with Crippen molar-refractivity contribution in [3.8, 4) is 22.9 Å². The molecule has 1 aromatic carbocycles. The molecule has 0 bridgehead atoms. The maximum Gasteiger partial charge on any atom is 0.340 e. The van der Waals surface area contributed by atoms with Crippen LogP contribution in [-0.2, 0) is 16.0 Å². The molecule has 0 spiro atoms. The van der Waals surface area contributed by atoms with E-state index in [2.05, 4.69) is 20.4 Å². The lowest BCUT2D eigenvalue weighted by atomic mass is 10.1. The van der Waals surface area contributed by atoms with E-state index in [4.69, 9.17) is 18.7 Å². The molecule has 0 aliphatic heterocycles. The Morgan fingerprint density at radius 1 is 1.16 bits per heavy atom. The third kappa shape index (κ3) is 5.56. The Hall–Kier alpha value is -3.95. The van der Waals surface area contributed by atoms with E-state index in [-0.39, 0.29) is 23.8 Å². The maximum absolute atomic E-state index is 12.6. The molecule has 3 rings (SSSR count). The van der Waals surface area contributed by atoms with Crippen LogP contribution in [0.4, 0.5) is 5.69 Å². The van der Waals surface area contributed by atoms with Crippen LogP contribution in [0, 0.1) is 0 Å². The van der Waals surface area contributed by atoms with Crippen LogP contribution < -0.4 is 14.8 Å². The minimum atomic E-state index is -0.605. The lowest BCUT2D eigenvalue weighted by Gasteiger charge is -2.14. The average Bonchev–Trinajstić information content (AvgIpc) is 3.25. The van der Waals surface area contributed by atoms with Gasteiger partial charge in [-0.25, -0.2) is 4.79 Å². The SMILES string of the molecule is COc1cc(NC(C)=O)c(C(=O)OCCCc2nc(-c3cccnc3)no2)cc1OC. The van der Waals surface area contributed by atoms with Crippen molar-refractivity contribution in [3.05, 3.63) is 48.1 Å². The van der Waals surface area contributed by atoms with Gasteiger partial charge in [-0.15, -0.1) is 0 Å². The number of aryl methyl sites for hydroxylation is 1. The molecule has 0 saturated carbocycles. The first-order valence-corrected chi connectivity index (χ1v) is 9.45. The van der Waals surface area contributed by atoms with Gasteiger partial charge in [0.2, 0.25) is 17.6 Å². The van der Waals surface area contributed by atoms with E-state index in [1.807, 2.05) is 6.07 Å². The summed E-state index contributed by atoms with van der Waals surface area (Å²) < 4.78 is 21.0. The summed E-state index contributed by atoms with van der Waals surface area (Å²) in [6.07, 6.45) is 4.22. The van der Waals surface area contributed by atoms with Crippen molar-refractivity contribution in [1.29, 1.82) is 0 Å². The Morgan fingerprint density at radius 3 is 2.61 bits per heavy atom. The number of nitrogens with one attached hydrogen (secondary N) is 1. The van der Waals surface area contributed by atoms with Crippen LogP contribution in [0.15, 0.2) is 41.2 Å². The number of carbonyl (C=O) groups excluding carboxylic acids is 2. The minimum Gasteiger partial charge on any atom is -0.493 e. The van der Waals surface area contributed by atoms with E-state index < -0.39 is 5.97 Å². The lowest BCUT2D eigenvalue weighted by Crippen LogP contribution is -2.14. The maximum atomic E-state index is 12.6. The Kier molecular flexibility index (Phi) is 7.15. The molecule has 31 heavy (non-hydrogen) atoms. The zero-order valence-corrected chi connectivity index (χ0v) is 17.4. The average molecular weight is 426 g/mol. The molecular weight excluding hydrogens is 404 g/mol. The van der Waals surface area contributed by atoms with Gasteiger partial charge in [-0.05, 0) is 18.6 Å². The Bertz CT molecular complexity index is 1050. The monoisotopic (exact) mass is 426 g/mol. The fourth-order valence-electron chi connectivity index (χ4n) is 2.78. The van der Waals surface area contributed by atoms with E-state index in [9.17, 15) is 9.59 Å². The second-order valence-electron chi connectivity index (χ2n) is 6.43.